The second-order valence-electron chi connectivity index (χ2n) is 6.73. The number of carbonyl (C=O) groups is 1. The monoisotopic (exact) mass is 351 g/mol. The van der Waals surface area contributed by atoms with Crippen molar-refractivity contribution in [2.24, 2.45) is 5.73 Å². The predicted molar refractivity (Wildman–Crippen MR) is 94.7 cm³/mol. The second-order valence-corrected chi connectivity index (χ2v) is 6.73. The van der Waals surface area contributed by atoms with Gasteiger partial charge in [-0.05, 0) is 36.5 Å². The summed E-state index contributed by atoms with van der Waals surface area (Å²) < 4.78 is 3.65. The van der Waals surface area contributed by atoms with Gasteiger partial charge in [0.1, 0.15) is 18.5 Å². The molecule has 0 unspecified atom stereocenters. The highest BCUT2D eigenvalue weighted by molar-refractivity contribution is 5.75. The van der Waals surface area contributed by atoms with Crippen LogP contribution in [-0.2, 0) is 30.6 Å². The lowest BCUT2D eigenvalue weighted by Gasteiger charge is -2.15. The molecular formula is C18H21N7O. The van der Waals surface area contributed by atoms with E-state index in [9.17, 15) is 4.79 Å². The lowest BCUT2D eigenvalue weighted by molar-refractivity contribution is -0.117. The van der Waals surface area contributed by atoms with Crippen LogP contribution in [0.25, 0.3) is 5.69 Å². The lowest BCUT2D eigenvalue weighted by atomic mass is 10.1. The van der Waals surface area contributed by atoms with Crippen LogP contribution >= 0.6 is 0 Å². The molecule has 2 heterocycles. The molecule has 0 fully saturated rings. The zero-order valence-electron chi connectivity index (χ0n) is 14.7. The molecule has 0 radical (unpaired) electrons. The van der Waals surface area contributed by atoms with E-state index in [0.717, 1.165) is 30.8 Å². The number of nitrogens with two attached hydrogens (primary N) is 1. The molecule has 26 heavy (non-hydrogen) atoms. The van der Waals surface area contributed by atoms with Crippen LogP contribution < -0.4 is 5.73 Å². The van der Waals surface area contributed by atoms with Crippen LogP contribution in [0.5, 0.6) is 0 Å². The molecule has 8 nitrogen and oxygen atoms in total. The van der Waals surface area contributed by atoms with Crippen molar-refractivity contribution in [1.29, 1.82) is 0 Å². The van der Waals surface area contributed by atoms with Crippen LogP contribution in [0, 0.1) is 0 Å². The van der Waals surface area contributed by atoms with Crippen molar-refractivity contribution < 1.29 is 4.79 Å². The maximum Gasteiger partial charge on any atom is 0.225 e. The minimum atomic E-state index is -0.434. The van der Waals surface area contributed by atoms with Crippen molar-refractivity contribution in [1.82, 2.24) is 29.5 Å². The second kappa shape index (κ2) is 6.70. The quantitative estimate of drug-likeness (QED) is 0.718. The molecule has 2 aromatic heterocycles. The molecule has 4 rings (SSSR count). The Labute approximate surface area is 151 Å². The van der Waals surface area contributed by atoms with Crippen molar-refractivity contribution in [2.45, 2.75) is 45.1 Å². The molecule has 1 amide bonds. The first kappa shape index (κ1) is 16.4. The Kier molecular flexibility index (Phi) is 4.24. The Morgan fingerprint density at radius 3 is 3.00 bits per heavy atom. The zero-order valence-corrected chi connectivity index (χ0v) is 14.7. The summed E-state index contributed by atoms with van der Waals surface area (Å²) in [6.07, 6.45) is 6.51. The average Bonchev–Trinajstić information content (AvgIpc) is 3.33. The summed E-state index contributed by atoms with van der Waals surface area (Å²) in [7, 11) is 0. The van der Waals surface area contributed by atoms with Crippen LogP contribution in [-0.4, -0.2) is 35.4 Å². The third kappa shape index (κ3) is 3.10. The number of carbonyl (C=O) groups excluding carboxylic acids is 1. The van der Waals surface area contributed by atoms with E-state index in [0.29, 0.717) is 12.4 Å². The summed E-state index contributed by atoms with van der Waals surface area (Å²) in [5, 5.41) is 8.78. The summed E-state index contributed by atoms with van der Waals surface area (Å²) in [4.78, 5) is 20.0. The third-order valence-electron chi connectivity index (χ3n) is 4.73. The normalized spacial score (nSPS) is 14.3. The number of aryl methyl sites for hydroxylation is 1. The Bertz CT molecular complexity index is 929. The molecule has 3 aromatic rings. The molecule has 1 atom stereocenters. The molecule has 1 aromatic carbocycles. The number of amides is 1. The topological polar surface area (TPSA) is 105 Å². The van der Waals surface area contributed by atoms with Crippen molar-refractivity contribution in [3.05, 3.63) is 53.6 Å². The van der Waals surface area contributed by atoms with Crippen LogP contribution in [0.3, 0.4) is 0 Å². The number of primary amides is 1. The van der Waals surface area contributed by atoms with Crippen molar-refractivity contribution in [2.75, 3.05) is 0 Å². The third-order valence-corrected chi connectivity index (χ3v) is 4.73. The van der Waals surface area contributed by atoms with Gasteiger partial charge >= 0.3 is 0 Å². The number of hydrogen-bond donors (Lipinski definition) is 1. The largest absolute Gasteiger partial charge is 0.369 e. The smallest absolute Gasteiger partial charge is 0.225 e. The fraction of sp³-hybridized carbons (Fsp3) is 0.389. The predicted octanol–water partition coefficient (Wildman–Crippen LogP) is 1.18. The Morgan fingerprint density at radius 1 is 1.35 bits per heavy atom. The summed E-state index contributed by atoms with van der Waals surface area (Å²) in [5.41, 5.74) is 9.07. The van der Waals surface area contributed by atoms with Gasteiger partial charge < -0.3 is 5.73 Å². The summed E-state index contributed by atoms with van der Waals surface area (Å²) in [6.45, 7) is 2.70. The molecule has 0 saturated heterocycles. The molecule has 0 saturated carbocycles. The van der Waals surface area contributed by atoms with Gasteiger partial charge in [0.2, 0.25) is 5.91 Å². The summed E-state index contributed by atoms with van der Waals surface area (Å²) in [5.74, 6) is 0.865. The van der Waals surface area contributed by atoms with E-state index in [1.54, 1.807) is 11.0 Å². The molecule has 2 N–H and O–H groups in total. The minimum absolute atomic E-state index is 0.0328. The Balaban J connectivity index is 1.76. The van der Waals surface area contributed by atoms with Crippen LogP contribution in [0.1, 0.15) is 42.0 Å². The maximum absolute atomic E-state index is 11.3. The highest BCUT2D eigenvalue weighted by Crippen LogP contribution is 2.29. The highest BCUT2D eigenvalue weighted by Gasteiger charge is 2.23. The van der Waals surface area contributed by atoms with Crippen LogP contribution in [0.15, 0.2) is 30.9 Å². The summed E-state index contributed by atoms with van der Waals surface area (Å²) >= 11 is 0. The van der Waals surface area contributed by atoms with E-state index in [1.807, 2.05) is 4.68 Å². The molecule has 134 valence electrons. The van der Waals surface area contributed by atoms with Gasteiger partial charge in [-0.15, -0.1) is 0 Å². The number of fused-ring (bicyclic) bond motifs is 1. The molecule has 8 heteroatoms. The van der Waals surface area contributed by atoms with Crippen LogP contribution in [0.4, 0.5) is 0 Å². The zero-order chi connectivity index (χ0) is 18.1. The standard InChI is InChI=1S/C18H21N7O/c1-12(9-24-11-20-10-21-24)18-22-17(8-16(19)26)23-25(18)15-7-3-5-13-4-2-6-14(13)15/h3,5,7,10-12H,2,4,6,8-9H2,1H3,(H2,19,26)/t12-/m0/s1. The Morgan fingerprint density at radius 2 is 2.23 bits per heavy atom. The van der Waals surface area contributed by atoms with E-state index >= 15 is 0 Å². The fourth-order valence-corrected chi connectivity index (χ4v) is 3.58. The first-order chi connectivity index (χ1) is 12.6. The lowest BCUT2D eigenvalue weighted by Crippen LogP contribution is -2.14. The SMILES string of the molecule is C[C@@H](Cn1cncn1)c1nc(CC(N)=O)nn1-c1cccc2c1CCC2. The number of rotatable bonds is 6. The minimum Gasteiger partial charge on any atom is -0.369 e. The fourth-order valence-electron chi connectivity index (χ4n) is 3.58. The van der Waals surface area contributed by atoms with Gasteiger partial charge in [0.25, 0.3) is 0 Å². The first-order valence-corrected chi connectivity index (χ1v) is 8.79. The molecule has 1 aliphatic rings. The number of aromatic nitrogens is 6. The maximum atomic E-state index is 11.3. The van der Waals surface area contributed by atoms with E-state index in [4.69, 9.17) is 5.73 Å². The van der Waals surface area contributed by atoms with Gasteiger partial charge in [-0.3, -0.25) is 9.48 Å². The van der Waals surface area contributed by atoms with E-state index < -0.39 is 5.91 Å². The van der Waals surface area contributed by atoms with E-state index in [1.165, 1.54) is 17.5 Å². The molecule has 0 spiro atoms. The number of benzene rings is 1. The number of hydrogen-bond acceptors (Lipinski definition) is 5. The molecule has 1 aliphatic carbocycles. The summed E-state index contributed by atoms with van der Waals surface area (Å²) in [6, 6.07) is 6.30. The van der Waals surface area contributed by atoms with Crippen molar-refractivity contribution in [3.8, 4) is 5.69 Å². The van der Waals surface area contributed by atoms with Gasteiger partial charge in [-0.1, -0.05) is 19.1 Å². The van der Waals surface area contributed by atoms with Crippen molar-refractivity contribution >= 4 is 5.91 Å². The Hall–Kier alpha value is -3.03. The van der Waals surface area contributed by atoms with Gasteiger partial charge in [-0.2, -0.15) is 10.2 Å². The highest BCUT2D eigenvalue weighted by atomic mass is 16.1. The first-order valence-electron chi connectivity index (χ1n) is 8.79. The van der Waals surface area contributed by atoms with E-state index in [-0.39, 0.29) is 12.3 Å². The molecular weight excluding hydrogens is 330 g/mol. The van der Waals surface area contributed by atoms with Gasteiger partial charge in [-0.25, -0.2) is 14.6 Å². The van der Waals surface area contributed by atoms with Gasteiger partial charge in [0.15, 0.2) is 5.82 Å². The van der Waals surface area contributed by atoms with Crippen LogP contribution in [0.2, 0.25) is 0 Å². The molecule has 0 aliphatic heterocycles. The van der Waals surface area contributed by atoms with Crippen molar-refractivity contribution in [3.63, 3.8) is 0 Å². The average molecular weight is 351 g/mol. The molecule has 0 bridgehead atoms. The van der Waals surface area contributed by atoms with Gasteiger partial charge in [0, 0.05) is 5.92 Å². The van der Waals surface area contributed by atoms with Gasteiger partial charge in [0.05, 0.1) is 18.7 Å². The van der Waals surface area contributed by atoms with E-state index in [2.05, 4.69) is 45.3 Å². The number of nitrogens with zero attached hydrogens (tertiary/aromatic N) is 6.